The van der Waals surface area contributed by atoms with Crippen molar-refractivity contribution < 1.29 is 17.6 Å². The molecule has 1 heterocycles. The molecule has 4 aromatic rings. The Labute approximate surface area is 155 Å². The van der Waals surface area contributed by atoms with Crippen LogP contribution in [0.2, 0.25) is 5.02 Å². The third-order valence-electron chi connectivity index (χ3n) is 4.08. The number of rotatable bonds is 3. The van der Waals surface area contributed by atoms with E-state index in [2.05, 4.69) is 15.5 Å². The molecule has 0 aliphatic heterocycles. The molecule has 136 valence electrons. The Morgan fingerprint density at radius 3 is 2.26 bits per heavy atom. The van der Waals surface area contributed by atoms with Gasteiger partial charge in [-0.1, -0.05) is 41.9 Å². The summed E-state index contributed by atoms with van der Waals surface area (Å²) in [6, 6.07) is 11.5. The molecule has 1 aromatic heterocycles. The molecule has 0 atom stereocenters. The molecule has 8 heteroatoms. The van der Waals surface area contributed by atoms with Crippen LogP contribution in [0.4, 0.5) is 29.1 Å². The number of aromatic amines is 1. The zero-order chi connectivity index (χ0) is 19.1. The molecule has 0 aliphatic rings. The van der Waals surface area contributed by atoms with Crippen LogP contribution >= 0.6 is 11.6 Å². The number of fused-ring (bicyclic) bond motifs is 1. The lowest BCUT2D eigenvalue weighted by Crippen LogP contribution is -1.99. The second-order valence-electron chi connectivity index (χ2n) is 5.78. The summed E-state index contributed by atoms with van der Waals surface area (Å²) in [4.78, 5) is 0. The number of aromatic nitrogens is 2. The normalized spacial score (nSPS) is 11.1. The summed E-state index contributed by atoms with van der Waals surface area (Å²) in [5.41, 5.74) is 0.438. The summed E-state index contributed by atoms with van der Waals surface area (Å²) in [6.45, 7) is 0. The number of nitrogens with one attached hydrogen (secondary N) is 2. The van der Waals surface area contributed by atoms with Crippen molar-refractivity contribution in [2.75, 3.05) is 5.32 Å². The van der Waals surface area contributed by atoms with Crippen molar-refractivity contribution in [1.29, 1.82) is 0 Å². The lowest BCUT2D eigenvalue weighted by Gasteiger charge is -2.09. The van der Waals surface area contributed by atoms with E-state index in [4.69, 9.17) is 11.6 Å². The number of hydrogen-bond acceptors (Lipinski definition) is 2. The highest BCUT2D eigenvalue weighted by Gasteiger charge is 2.20. The smallest absolute Gasteiger partial charge is 0.168 e. The summed E-state index contributed by atoms with van der Waals surface area (Å²) < 4.78 is 55.6. The molecule has 3 aromatic carbocycles. The first-order chi connectivity index (χ1) is 13.0. The van der Waals surface area contributed by atoms with Gasteiger partial charge in [0.2, 0.25) is 0 Å². The molecule has 27 heavy (non-hydrogen) atoms. The van der Waals surface area contributed by atoms with Gasteiger partial charge in [-0.05, 0) is 11.6 Å². The van der Waals surface area contributed by atoms with E-state index in [-0.39, 0.29) is 21.7 Å². The van der Waals surface area contributed by atoms with Gasteiger partial charge in [-0.2, -0.15) is 5.10 Å². The number of H-pyrrole nitrogens is 1. The first-order valence-electron chi connectivity index (χ1n) is 7.78. The van der Waals surface area contributed by atoms with Gasteiger partial charge in [-0.3, -0.25) is 5.10 Å². The summed E-state index contributed by atoms with van der Waals surface area (Å²) in [5.74, 6) is -4.09. The van der Waals surface area contributed by atoms with Crippen molar-refractivity contribution in [3.63, 3.8) is 0 Å². The molecule has 0 aliphatic carbocycles. The number of hydrogen-bond donors (Lipinski definition) is 2. The minimum atomic E-state index is -1.14. The van der Waals surface area contributed by atoms with E-state index >= 15 is 0 Å². The highest BCUT2D eigenvalue weighted by Crippen LogP contribution is 2.37. The fourth-order valence-electron chi connectivity index (χ4n) is 2.80. The van der Waals surface area contributed by atoms with Gasteiger partial charge in [0.25, 0.3) is 0 Å². The van der Waals surface area contributed by atoms with Gasteiger partial charge >= 0.3 is 0 Å². The van der Waals surface area contributed by atoms with Crippen molar-refractivity contribution >= 4 is 34.0 Å². The van der Waals surface area contributed by atoms with Crippen molar-refractivity contribution in [2.45, 2.75) is 0 Å². The van der Waals surface area contributed by atoms with Gasteiger partial charge in [0.15, 0.2) is 23.3 Å². The predicted molar refractivity (Wildman–Crippen MR) is 96.1 cm³/mol. The molecule has 0 spiro atoms. The third kappa shape index (κ3) is 3.00. The maximum atomic E-state index is 14.7. The average Bonchev–Trinajstić information content (AvgIpc) is 3.04. The molecule has 0 saturated heterocycles. The standard InChI is InChI=1S/C19H10ClF4N3/c20-15-11(9-4-2-1-3-5-9)8-12-17(16(15)24)26-27-19(12)25-18-13(22)6-10(21)7-14(18)23/h1-8H,(H2,25,26,27). The van der Waals surface area contributed by atoms with E-state index in [9.17, 15) is 17.6 Å². The van der Waals surface area contributed by atoms with E-state index < -0.39 is 29.0 Å². The van der Waals surface area contributed by atoms with E-state index in [1.807, 2.05) is 0 Å². The average molecular weight is 392 g/mol. The van der Waals surface area contributed by atoms with Gasteiger partial charge < -0.3 is 5.32 Å². The van der Waals surface area contributed by atoms with Crippen LogP contribution in [0, 0.1) is 23.3 Å². The lowest BCUT2D eigenvalue weighted by molar-refractivity contribution is 0.549. The summed E-state index contributed by atoms with van der Waals surface area (Å²) in [6.07, 6.45) is 0. The summed E-state index contributed by atoms with van der Waals surface area (Å²) in [5, 5.41) is 8.90. The molecule has 0 amide bonds. The van der Waals surface area contributed by atoms with Gasteiger partial charge in [-0.15, -0.1) is 0 Å². The Hall–Kier alpha value is -3.06. The number of anilines is 2. The topological polar surface area (TPSA) is 40.7 Å². The molecule has 0 fully saturated rings. The minimum Gasteiger partial charge on any atom is -0.333 e. The van der Waals surface area contributed by atoms with Crippen LogP contribution in [-0.4, -0.2) is 10.2 Å². The van der Waals surface area contributed by atoms with Crippen LogP contribution in [0.25, 0.3) is 22.0 Å². The molecular weight excluding hydrogens is 382 g/mol. The van der Waals surface area contributed by atoms with E-state index in [1.54, 1.807) is 36.4 Å². The molecule has 0 saturated carbocycles. The second kappa shape index (κ2) is 6.59. The van der Waals surface area contributed by atoms with Crippen molar-refractivity contribution in [3.8, 4) is 11.1 Å². The Morgan fingerprint density at radius 2 is 1.59 bits per heavy atom. The molecule has 4 rings (SSSR count). The molecular formula is C19H10ClF4N3. The van der Waals surface area contributed by atoms with Gasteiger partial charge in [0, 0.05) is 23.1 Å². The Balaban J connectivity index is 1.88. The SMILES string of the molecule is Fc1cc(F)c(Nc2n[nH]c3c(F)c(Cl)c(-c4ccccc4)cc23)c(F)c1. The molecule has 0 radical (unpaired) electrons. The second-order valence-corrected chi connectivity index (χ2v) is 6.16. The molecule has 3 nitrogen and oxygen atoms in total. The van der Waals surface area contributed by atoms with Crippen LogP contribution in [0.1, 0.15) is 0 Å². The highest BCUT2D eigenvalue weighted by molar-refractivity contribution is 6.34. The Morgan fingerprint density at radius 1 is 0.926 bits per heavy atom. The summed E-state index contributed by atoms with van der Waals surface area (Å²) >= 11 is 6.14. The van der Waals surface area contributed by atoms with Crippen LogP contribution in [0.15, 0.2) is 48.5 Å². The maximum Gasteiger partial charge on any atom is 0.168 e. The van der Waals surface area contributed by atoms with E-state index in [1.165, 1.54) is 0 Å². The lowest BCUT2D eigenvalue weighted by atomic mass is 10.0. The fourth-order valence-corrected chi connectivity index (χ4v) is 3.06. The van der Waals surface area contributed by atoms with Gasteiger partial charge in [0.05, 0.1) is 5.02 Å². The largest absolute Gasteiger partial charge is 0.333 e. The number of halogens is 5. The first-order valence-corrected chi connectivity index (χ1v) is 8.16. The molecule has 2 N–H and O–H groups in total. The van der Waals surface area contributed by atoms with Crippen molar-refractivity contribution in [3.05, 3.63) is 76.8 Å². The Bertz CT molecular complexity index is 1140. The van der Waals surface area contributed by atoms with Crippen LogP contribution < -0.4 is 5.32 Å². The van der Waals surface area contributed by atoms with Crippen molar-refractivity contribution in [1.82, 2.24) is 10.2 Å². The zero-order valence-electron chi connectivity index (χ0n) is 13.5. The van der Waals surface area contributed by atoms with E-state index in [0.29, 0.717) is 23.3 Å². The first kappa shape index (κ1) is 17.4. The summed E-state index contributed by atoms with van der Waals surface area (Å²) in [7, 11) is 0. The van der Waals surface area contributed by atoms with Gasteiger partial charge in [0.1, 0.15) is 17.0 Å². The number of benzene rings is 3. The van der Waals surface area contributed by atoms with Crippen LogP contribution in [-0.2, 0) is 0 Å². The fraction of sp³-hybridized carbons (Fsp3) is 0. The maximum absolute atomic E-state index is 14.7. The van der Waals surface area contributed by atoms with Gasteiger partial charge in [-0.25, -0.2) is 17.6 Å². The van der Waals surface area contributed by atoms with Crippen molar-refractivity contribution in [2.24, 2.45) is 0 Å². The molecule has 0 bridgehead atoms. The zero-order valence-corrected chi connectivity index (χ0v) is 14.2. The minimum absolute atomic E-state index is 0.0230. The van der Waals surface area contributed by atoms with E-state index in [0.717, 1.165) is 0 Å². The van der Waals surface area contributed by atoms with Crippen LogP contribution in [0.3, 0.4) is 0 Å². The highest BCUT2D eigenvalue weighted by atomic mass is 35.5. The Kier molecular flexibility index (Phi) is 4.24. The predicted octanol–water partition coefficient (Wildman–Crippen LogP) is 6.18. The quantitative estimate of drug-likeness (QED) is 0.409. The third-order valence-corrected chi connectivity index (χ3v) is 4.45. The van der Waals surface area contributed by atoms with Crippen LogP contribution in [0.5, 0.6) is 0 Å². The number of nitrogens with zero attached hydrogens (tertiary/aromatic N) is 1. The monoisotopic (exact) mass is 391 g/mol. The molecule has 0 unspecified atom stereocenters.